The van der Waals surface area contributed by atoms with E-state index in [1.165, 1.54) is 13.1 Å². The molecule has 0 aromatic heterocycles. The highest BCUT2D eigenvalue weighted by Gasteiger charge is 2.51. The molecule has 132 valence electrons. The molecular formula is C15H23BN2O5S. The first-order valence-corrected chi connectivity index (χ1v) is 9.34. The average molecular weight is 354 g/mol. The lowest BCUT2D eigenvalue weighted by Gasteiger charge is -2.32. The van der Waals surface area contributed by atoms with Gasteiger partial charge in [0, 0.05) is 12.6 Å². The SMILES string of the molecule is CN(c1cc(B2OC(C)(C)C(C)(C)O2)cc(C(N)=O)c1)S(C)(=O)=O. The average Bonchev–Trinajstić information content (AvgIpc) is 2.65. The van der Waals surface area contributed by atoms with E-state index in [-0.39, 0.29) is 5.56 Å². The van der Waals surface area contributed by atoms with Crippen LogP contribution in [0.5, 0.6) is 0 Å². The van der Waals surface area contributed by atoms with Gasteiger partial charge in [0.05, 0.1) is 23.1 Å². The van der Waals surface area contributed by atoms with Crippen molar-refractivity contribution in [3.63, 3.8) is 0 Å². The van der Waals surface area contributed by atoms with Crippen molar-refractivity contribution in [2.45, 2.75) is 38.9 Å². The maximum absolute atomic E-state index is 11.8. The van der Waals surface area contributed by atoms with Crippen molar-refractivity contribution in [3.8, 4) is 0 Å². The van der Waals surface area contributed by atoms with Crippen molar-refractivity contribution >= 4 is 34.2 Å². The first kappa shape index (κ1) is 18.8. The second-order valence-corrected chi connectivity index (χ2v) is 9.01. The molecule has 1 saturated heterocycles. The van der Waals surface area contributed by atoms with Gasteiger partial charge < -0.3 is 15.0 Å². The number of sulfonamides is 1. The number of hydrogen-bond donors (Lipinski definition) is 1. The predicted molar refractivity (Wildman–Crippen MR) is 93.9 cm³/mol. The third-order valence-electron chi connectivity index (χ3n) is 4.61. The van der Waals surface area contributed by atoms with Crippen molar-refractivity contribution in [1.82, 2.24) is 0 Å². The summed E-state index contributed by atoms with van der Waals surface area (Å²) in [7, 11) is -2.80. The van der Waals surface area contributed by atoms with Crippen molar-refractivity contribution in [2.24, 2.45) is 5.73 Å². The molecule has 1 amide bonds. The molecule has 0 aliphatic carbocycles. The maximum atomic E-state index is 11.8. The number of hydrogen-bond acceptors (Lipinski definition) is 5. The Hall–Kier alpha value is -1.58. The third-order valence-corrected chi connectivity index (χ3v) is 5.82. The zero-order valence-electron chi connectivity index (χ0n) is 14.8. The van der Waals surface area contributed by atoms with Crippen LogP contribution in [0.2, 0.25) is 0 Å². The number of rotatable bonds is 4. The standard InChI is InChI=1S/C15H23BN2O5S/c1-14(2)15(3,4)23-16(22-14)11-7-10(13(17)19)8-12(9-11)18(5)24(6,20)21/h7-9H,1-6H3,(H2,17,19). The molecule has 0 radical (unpaired) electrons. The number of nitrogens with zero attached hydrogens (tertiary/aromatic N) is 1. The minimum absolute atomic E-state index is 0.188. The van der Waals surface area contributed by atoms with Gasteiger partial charge in [0.2, 0.25) is 15.9 Å². The van der Waals surface area contributed by atoms with Gasteiger partial charge in [0.1, 0.15) is 0 Å². The molecule has 7 nitrogen and oxygen atoms in total. The van der Waals surface area contributed by atoms with Crippen LogP contribution >= 0.6 is 0 Å². The molecule has 1 aromatic rings. The highest BCUT2D eigenvalue weighted by Crippen LogP contribution is 2.36. The molecule has 1 aliphatic heterocycles. The van der Waals surface area contributed by atoms with Crippen molar-refractivity contribution in [3.05, 3.63) is 23.8 Å². The molecule has 1 aliphatic rings. The van der Waals surface area contributed by atoms with E-state index in [1.54, 1.807) is 12.1 Å². The molecule has 0 unspecified atom stereocenters. The molecular weight excluding hydrogens is 331 g/mol. The number of anilines is 1. The van der Waals surface area contributed by atoms with Crippen LogP contribution in [0, 0.1) is 0 Å². The minimum Gasteiger partial charge on any atom is -0.399 e. The van der Waals surface area contributed by atoms with Gasteiger partial charge in [-0.1, -0.05) is 0 Å². The van der Waals surface area contributed by atoms with E-state index in [2.05, 4.69) is 0 Å². The quantitative estimate of drug-likeness (QED) is 0.793. The lowest BCUT2D eigenvalue weighted by atomic mass is 9.78. The fourth-order valence-electron chi connectivity index (χ4n) is 2.27. The van der Waals surface area contributed by atoms with Crippen LogP contribution in [0.15, 0.2) is 18.2 Å². The van der Waals surface area contributed by atoms with Crippen LogP contribution in [-0.4, -0.2) is 45.9 Å². The summed E-state index contributed by atoms with van der Waals surface area (Å²) in [5, 5.41) is 0. The number of carbonyl (C=O) groups is 1. The zero-order chi connectivity index (χ0) is 18.5. The molecule has 0 spiro atoms. The number of primary amides is 1. The molecule has 1 heterocycles. The summed E-state index contributed by atoms with van der Waals surface area (Å²) in [6.07, 6.45) is 1.08. The highest BCUT2D eigenvalue weighted by molar-refractivity contribution is 7.92. The summed E-state index contributed by atoms with van der Waals surface area (Å²) in [5.41, 5.74) is 5.32. The normalized spacial score (nSPS) is 19.3. The molecule has 0 atom stereocenters. The molecule has 9 heteroatoms. The van der Waals surface area contributed by atoms with Crippen molar-refractivity contribution in [2.75, 3.05) is 17.6 Å². The van der Waals surface area contributed by atoms with E-state index in [0.717, 1.165) is 10.6 Å². The first-order chi connectivity index (χ1) is 10.7. The van der Waals surface area contributed by atoms with Crippen LogP contribution in [-0.2, 0) is 19.3 Å². The Labute approximate surface area is 143 Å². The third kappa shape index (κ3) is 3.43. The number of benzene rings is 1. The van der Waals surface area contributed by atoms with E-state index in [9.17, 15) is 13.2 Å². The molecule has 1 fully saturated rings. The number of amides is 1. The Morgan fingerprint density at radius 1 is 1.12 bits per heavy atom. The Morgan fingerprint density at radius 2 is 1.62 bits per heavy atom. The smallest absolute Gasteiger partial charge is 0.399 e. The zero-order valence-corrected chi connectivity index (χ0v) is 15.6. The topological polar surface area (TPSA) is 98.9 Å². The summed E-state index contributed by atoms with van der Waals surface area (Å²) in [6, 6.07) is 4.61. The summed E-state index contributed by atoms with van der Waals surface area (Å²) < 4.78 is 36.6. The number of nitrogens with two attached hydrogens (primary N) is 1. The molecule has 2 rings (SSSR count). The van der Waals surface area contributed by atoms with Crippen LogP contribution in [0.1, 0.15) is 38.1 Å². The van der Waals surface area contributed by atoms with Gasteiger partial charge >= 0.3 is 7.12 Å². The summed E-state index contributed by atoms with van der Waals surface area (Å²) >= 11 is 0. The highest BCUT2D eigenvalue weighted by atomic mass is 32.2. The Bertz CT molecular complexity index is 760. The van der Waals surface area contributed by atoms with E-state index in [0.29, 0.717) is 11.2 Å². The van der Waals surface area contributed by atoms with Gasteiger partial charge in [-0.05, 0) is 51.4 Å². The fraction of sp³-hybridized carbons (Fsp3) is 0.533. The first-order valence-electron chi connectivity index (χ1n) is 7.49. The second-order valence-electron chi connectivity index (χ2n) is 7.00. The lowest BCUT2D eigenvalue weighted by Crippen LogP contribution is -2.41. The number of carbonyl (C=O) groups excluding carboxylic acids is 1. The second kappa shape index (κ2) is 5.75. The van der Waals surface area contributed by atoms with Crippen LogP contribution in [0.4, 0.5) is 5.69 Å². The van der Waals surface area contributed by atoms with Crippen LogP contribution < -0.4 is 15.5 Å². The predicted octanol–water partition coefficient (Wildman–Crippen LogP) is 0.481. The summed E-state index contributed by atoms with van der Waals surface area (Å²) in [6.45, 7) is 7.64. The van der Waals surface area contributed by atoms with Gasteiger partial charge in [-0.3, -0.25) is 9.10 Å². The van der Waals surface area contributed by atoms with E-state index in [4.69, 9.17) is 15.0 Å². The maximum Gasteiger partial charge on any atom is 0.494 e. The van der Waals surface area contributed by atoms with Crippen molar-refractivity contribution in [1.29, 1.82) is 0 Å². The van der Waals surface area contributed by atoms with Crippen molar-refractivity contribution < 1.29 is 22.5 Å². The van der Waals surface area contributed by atoms with Gasteiger partial charge in [0.15, 0.2) is 0 Å². The summed E-state index contributed by atoms with van der Waals surface area (Å²) in [5.74, 6) is -0.656. The Kier molecular flexibility index (Phi) is 4.49. The Balaban J connectivity index is 2.52. The van der Waals surface area contributed by atoms with E-state index >= 15 is 0 Å². The lowest BCUT2D eigenvalue weighted by molar-refractivity contribution is 0.00578. The largest absolute Gasteiger partial charge is 0.494 e. The van der Waals surface area contributed by atoms with Gasteiger partial charge in [-0.2, -0.15) is 0 Å². The van der Waals surface area contributed by atoms with E-state index < -0.39 is 34.3 Å². The molecule has 2 N–H and O–H groups in total. The summed E-state index contributed by atoms with van der Waals surface area (Å²) in [4.78, 5) is 11.6. The van der Waals surface area contributed by atoms with E-state index in [1.807, 2.05) is 27.7 Å². The van der Waals surface area contributed by atoms with Gasteiger partial charge in [-0.25, -0.2) is 8.42 Å². The molecule has 24 heavy (non-hydrogen) atoms. The van der Waals surface area contributed by atoms with Gasteiger partial charge in [0.25, 0.3) is 0 Å². The fourth-order valence-corrected chi connectivity index (χ4v) is 2.75. The molecule has 0 bridgehead atoms. The van der Waals surface area contributed by atoms with Crippen LogP contribution in [0.25, 0.3) is 0 Å². The van der Waals surface area contributed by atoms with Crippen LogP contribution in [0.3, 0.4) is 0 Å². The molecule has 0 saturated carbocycles. The monoisotopic (exact) mass is 354 g/mol. The molecule has 1 aromatic carbocycles. The Morgan fingerprint density at radius 3 is 2.04 bits per heavy atom. The van der Waals surface area contributed by atoms with Gasteiger partial charge in [-0.15, -0.1) is 0 Å². The minimum atomic E-state index is -3.48.